The van der Waals surface area contributed by atoms with E-state index in [0.717, 1.165) is 30.2 Å². The Hall–Kier alpha value is -2.41. The van der Waals surface area contributed by atoms with Crippen LogP contribution in [-0.4, -0.2) is 24.4 Å². The minimum absolute atomic E-state index is 0.0764. The van der Waals surface area contributed by atoms with Crippen LogP contribution in [-0.2, 0) is 16.4 Å². The van der Waals surface area contributed by atoms with E-state index in [4.69, 9.17) is 0 Å². The van der Waals surface area contributed by atoms with E-state index in [1.807, 2.05) is 6.07 Å². The molecule has 1 heterocycles. The molecule has 0 aliphatic rings. The Bertz CT molecular complexity index is 1030. The average Bonchev–Trinajstić information content (AvgIpc) is 2.98. The Morgan fingerprint density at radius 2 is 1.92 bits per heavy atom. The van der Waals surface area contributed by atoms with Gasteiger partial charge in [-0.3, -0.25) is 4.31 Å². The van der Waals surface area contributed by atoms with Crippen molar-refractivity contribution in [3.05, 3.63) is 54.1 Å². The predicted octanol–water partition coefficient (Wildman–Crippen LogP) is 4.26. The number of hydrogen-bond donors (Lipinski definition) is 1. The second-order valence-electron chi connectivity index (χ2n) is 6.46. The number of para-hydroxylation sites is 1. The number of aromatic amines is 1. The number of imidazole rings is 1. The molecular formula is C19H22FN3O2S. The first kappa shape index (κ1) is 18.4. The van der Waals surface area contributed by atoms with Crippen LogP contribution in [0.2, 0.25) is 0 Å². The molecular weight excluding hydrogens is 353 g/mol. The molecule has 0 bridgehead atoms. The van der Waals surface area contributed by atoms with Gasteiger partial charge in [-0.2, -0.15) is 0 Å². The SMILES string of the molecule is CCCc1nc2c(N(C(C)C)S(=O)(=O)c3cccc(F)c3)cccc2[nH]1. The summed E-state index contributed by atoms with van der Waals surface area (Å²) in [4.78, 5) is 7.76. The molecule has 2 aromatic carbocycles. The Labute approximate surface area is 152 Å². The largest absolute Gasteiger partial charge is 0.342 e. The molecule has 0 amide bonds. The van der Waals surface area contributed by atoms with Crippen LogP contribution in [0.1, 0.15) is 33.0 Å². The molecule has 0 aliphatic carbocycles. The number of rotatable bonds is 6. The van der Waals surface area contributed by atoms with E-state index < -0.39 is 15.8 Å². The average molecular weight is 375 g/mol. The number of anilines is 1. The minimum Gasteiger partial charge on any atom is -0.342 e. The molecule has 0 saturated heterocycles. The molecule has 0 aliphatic heterocycles. The number of benzene rings is 2. The van der Waals surface area contributed by atoms with Crippen LogP contribution in [0.25, 0.3) is 11.0 Å². The standard InChI is InChI=1S/C19H22FN3O2S/c1-4-7-18-21-16-10-6-11-17(19(16)22-18)23(13(2)3)26(24,25)15-9-5-8-14(20)12-15/h5-6,8-13H,4,7H2,1-3H3,(H,21,22). The van der Waals surface area contributed by atoms with Crippen molar-refractivity contribution in [3.8, 4) is 0 Å². The van der Waals surface area contributed by atoms with Crippen LogP contribution in [0, 0.1) is 5.82 Å². The second kappa shape index (κ2) is 7.07. The summed E-state index contributed by atoms with van der Waals surface area (Å²) in [6.45, 7) is 5.63. The van der Waals surface area contributed by atoms with Crippen molar-refractivity contribution < 1.29 is 12.8 Å². The Balaban J connectivity index is 2.19. The van der Waals surface area contributed by atoms with Gasteiger partial charge in [0.05, 0.1) is 16.1 Å². The highest BCUT2D eigenvalue weighted by molar-refractivity contribution is 7.92. The smallest absolute Gasteiger partial charge is 0.264 e. The lowest BCUT2D eigenvalue weighted by Crippen LogP contribution is -2.37. The Morgan fingerprint density at radius 1 is 1.19 bits per heavy atom. The van der Waals surface area contributed by atoms with Crippen LogP contribution >= 0.6 is 0 Å². The molecule has 0 fully saturated rings. The van der Waals surface area contributed by atoms with E-state index in [1.165, 1.54) is 22.5 Å². The number of nitrogens with one attached hydrogen (secondary N) is 1. The quantitative estimate of drug-likeness (QED) is 0.700. The fourth-order valence-electron chi connectivity index (χ4n) is 3.03. The maximum Gasteiger partial charge on any atom is 0.264 e. The van der Waals surface area contributed by atoms with Gasteiger partial charge in [0.1, 0.15) is 17.2 Å². The number of sulfonamides is 1. The molecule has 5 nitrogen and oxygen atoms in total. The first-order valence-corrected chi connectivity index (χ1v) is 10.1. The Morgan fingerprint density at radius 3 is 2.58 bits per heavy atom. The van der Waals surface area contributed by atoms with Gasteiger partial charge in [0.15, 0.2) is 0 Å². The van der Waals surface area contributed by atoms with Gasteiger partial charge in [0, 0.05) is 12.5 Å². The summed E-state index contributed by atoms with van der Waals surface area (Å²) in [5, 5.41) is 0. The number of hydrogen-bond acceptors (Lipinski definition) is 3. The van der Waals surface area contributed by atoms with Gasteiger partial charge in [-0.1, -0.05) is 19.1 Å². The number of fused-ring (bicyclic) bond motifs is 1. The lowest BCUT2D eigenvalue weighted by Gasteiger charge is -2.28. The van der Waals surface area contributed by atoms with Crippen molar-refractivity contribution in [2.75, 3.05) is 4.31 Å². The zero-order chi connectivity index (χ0) is 18.9. The lowest BCUT2D eigenvalue weighted by molar-refractivity contribution is 0.580. The molecule has 3 aromatic rings. The number of halogens is 1. The highest BCUT2D eigenvalue weighted by Gasteiger charge is 2.29. The second-order valence-corrected chi connectivity index (χ2v) is 8.27. The molecule has 138 valence electrons. The van der Waals surface area contributed by atoms with E-state index in [1.54, 1.807) is 26.0 Å². The molecule has 3 rings (SSSR count). The van der Waals surface area contributed by atoms with Gasteiger partial charge >= 0.3 is 0 Å². The number of H-pyrrole nitrogens is 1. The predicted molar refractivity (Wildman–Crippen MR) is 101 cm³/mol. The molecule has 0 saturated carbocycles. The number of nitrogens with zero attached hydrogens (tertiary/aromatic N) is 2. The first-order valence-electron chi connectivity index (χ1n) is 8.62. The molecule has 0 atom stereocenters. The maximum atomic E-state index is 13.6. The highest BCUT2D eigenvalue weighted by Crippen LogP contribution is 2.32. The van der Waals surface area contributed by atoms with E-state index in [-0.39, 0.29) is 10.9 Å². The van der Waals surface area contributed by atoms with Gasteiger partial charge < -0.3 is 4.98 Å². The summed E-state index contributed by atoms with van der Waals surface area (Å²) in [6.07, 6.45) is 1.72. The molecule has 0 spiro atoms. The molecule has 7 heteroatoms. The van der Waals surface area contributed by atoms with Crippen molar-refractivity contribution >= 4 is 26.7 Å². The van der Waals surface area contributed by atoms with E-state index in [0.29, 0.717) is 11.2 Å². The van der Waals surface area contributed by atoms with Gasteiger partial charge in [0.2, 0.25) is 0 Å². The number of aromatic nitrogens is 2. The summed E-state index contributed by atoms with van der Waals surface area (Å²) in [6, 6.07) is 10.1. The van der Waals surface area contributed by atoms with Crippen LogP contribution in [0.4, 0.5) is 10.1 Å². The molecule has 1 N–H and O–H groups in total. The Kier molecular flexibility index (Phi) is 5.00. The minimum atomic E-state index is -3.93. The first-order chi connectivity index (χ1) is 12.3. The maximum absolute atomic E-state index is 13.6. The summed E-state index contributed by atoms with van der Waals surface area (Å²) >= 11 is 0. The van der Waals surface area contributed by atoms with Gasteiger partial charge in [-0.25, -0.2) is 17.8 Å². The van der Waals surface area contributed by atoms with Gasteiger partial charge in [-0.05, 0) is 50.6 Å². The normalized spacial score (nSPS) is 12.0. The third-order valence-corrected chi connectivity index (χ3v) is 6.07. The van der Waals surface area contributed by atoms with Crippen LogP contribution < -0.4 is 4.31 Å². The molecule has 1 aromatic heterocycles. The van der Waals surface area contributed by atoms with E-state index in [2.05, 4.69) is 16.9 Å². The van der Waals surface area contributed by atoms with Crippen molar-refractivity contribution in [1.29, 1.82) is 0 Å². The van der Waals surface area contributed by atoms with Crippen LogP contribution in [0.3, 0.4) is 0 Å². The van der Waals surface area contributed by atoms with Crippen molar-refractivity contribution in [2.24, 2.45) is 0 Å². The zero-order valence-corrected chi connectivity index (χ0v) is 15.8. The molecule has 0 unspecified atom stereocenters. The van der Waals surface area contributed by atoms with Crippen molar-refractivity contribution in [2.45, 2.75) is 44.6 Å². The van der Waals surface area contributed by atoms with Crippen molar-refractivity contribution in [1.82, 2.24) is 9.97 Å². The fourth-order valence-corrected chi connectivity index (χ4v) is 4.73. The van der Waals surface area contributed by atoms with Crippen LogP contribution in [0.15, 0.2) is 47.4 Å². The van der Waals surface area contributed by atoms with E-state index >= 15 is 0 Å². The third kappa shape index (κ3) is 3.31. The molecule has 0 radical (unpaired) electrons. The number of aryl methyl sites for hydroxylation is 1. The van der Waals surface area contributed by atoms with Crippen LogP contribution in [0.5, 0.6) is 0 Å². The van der Waals surface area contributed by atoms with Crippen molar-refractivity contribution in [3.63, 3.8) is 0 Å². The highest BCUT2D eigenvalue weighted by atomic mass is 32.2. The van der Waals surface area contributed by atoms with Gasteiger partial charge in [0.25, 0.3) is 10.0 Å². The lowest BCUT2D eigenvalue weighted by atomic mass is 10.2. The van der Waals surface area contributed by atoms with Gasteiger partial charge in [-0.15, -0.1) is 0 Å². The zero-order valence-electron chi connectivity index (χ0n) is 15.0. The molecule has 26 heavy (non-hydrogen) atoms. The summed E-state index contributed by atoms with van der Waals surface area (Å²) in [5.41, 5.74) is 1.87. The summed E-state index contributed by atoms with van der Waals surface area (Å²) in [7, 11) is -3.93. The fraction of sp³-hybridized carbons (Fsp3) is 0.316. The monoisotopic (exact) mass is 375 g/mol. The summed E-state index contributed by atoms with van der Waals surface area (Å²) in [5.74, 6) is 0.236. The topological polar surface area (TPSA) is 66.1 Å². The third-order valence-electron chi connectivity index (χ3n) is 4.09. The van der Waals surface area contributed by atoms with E-state index in [9.17, 15) is 12.8 Å². The summed E-state index contributed by atoms with van der Waals surface area (Å²) < 4.78 is 41.4.